The quantitative estimate of drug-likeness (QED) is 0.772. The van der Waals surface area contributed by atoms with Crippen LogP contribution in [0.5, 0.6) is 0 Å². The topological polar surface area (TPSA) is 73.3 Å². The van der Waals surface area contributed by atoms with Gasteiger partial charge in [0.05, 0.1) is 0 Å². The Morgan fingerprint density at radius 3 is 2.00 bits per heavy atom. The van der Waals surface area contributed by atoms with E-state index in [0.29, 0.717) is 5.41 Å². The van der Waals surface area contributed by atoms with Crippen molar-refractivity contribution in [3.63, 3.8) is 0 Å². The molecule has 0 saturated carbocycles. The first-order chi connectivity index (χ1) is 11.5. The Labute approximate surface area is 150 Å². The van der Waals surface area contributed by atoms with Crippen LogP contribution in [0.2, 0.25) is 0 Å². The van der Waals surface area contributed by atoms with Crippen LogP contribution in [0.4, 0.5) is 4.79 Å². The molecular weight excluding hydrogens is 322 g/mol. The highest BCUT2D eigenvalue weighted by Crippen LogP contribution is 2.42. The van der Waals surface area contributed by atoms with E-state index in [0.717, 1.165) is 26.1 Å². The third-order valence-corrected chi connectivity index (χ3v) is 4.99. The molecule has 0 aromatic rings. The lowest BCUT2D eigenvalue weighted by Crippen LogP contribution is -2.74. The molecule has 0 atom stereocenters. The lowest BCUT2D eigenvalue weighted by atomic mass is 9.72. The van der Waals surface area contributed by atoms with Crippen molar-refractivity contribution >= 4 is 12.1 Å². The predicted molar refractivity (Wildman–Crippen MR) is 95.6 cm³/mol. The van der Waals surface area contributed by atoms with E-state index < -0.39 is 5.97 Å². The Bertz CT molecular complexity index is 477. The Balaban J connectivity index is 0.000000511. The Kier molecular flexibility index (Phi) is 5.99. The first kappa shape index (κ1) is 20.0. The highest BCUT2D eigenvalue weighted by Gasteiger charge is 2.55. The summed E-state index contributed by atoms with van der Waals surface area (Å²) in [6.45, 7) is 13.4. The molecule has 3 rings (SSSR count). The molecule has 1 spiro atoms. The monoisotopic (exact) mass is 355 g/mol. The number of piperidine rings is 1. The molecule has 3 heterocycles. The second-order valence-electron chi connectivity index (χ2n) is 8.79. The van der Waals surface area contributed by atoms with Crippen LogP contribution in [0.3, 0.4) is 0 Å². The van der Waals surface area contributed by atoms with Crippen LogP contribution in [-0.2, 0) is 9.53 Å². The van der Waals surface area contributed by atoms with Gasteiger partial charge in [0.2, 0.25) is 0 Å². The molecule has 3 aliphatic heterocycles. The van der Waals surface area contributed by atoms with Gasteiger partial charge in [-0.15, -0.1) is 0 Å². The average Bonchev–Trinajstić information content (AvgIpc) is 2.34. The Morgan fingerprint density at radius 1 is 1.08 bits per heavy atom. The van der Waals surface area contributed by atoms with Gasteiger partial charge in [0.1, 0.15) is 5.60 Å². The fourth-order valence-electron chi connectivity index (χ4n) is 3.85. The number of likely N-dealkylation sites (tertiary alicyclic amines) is 3. The Morgan fingerprint density at radius 2 is 1.56 bits per heavy atom. The van der Waals surface area contributed by atoms with Crippen molar-refractivity contribution in [1.82, 2.24) is 14.7 Å². The molecule has 1 N–H and O–H groups in total. The zero-order chi connectivity index (χ0) is 18.8. The van der Waals surface area contributed by atoms with Gasteiger partial charge in [-0.2, -0.15) is 0 Å². The maximum Gasteiger partial charge on any atom is 0.410 e. The van der Waals surface area contributed by atoms with Crippen LogP contribution < -0.4 is 0 Å². The van der Waals surface area contributed by atoms with E-state index in [-0.39, 0.29) is 11.7 Å². The van der Waals surface area contributed by atoms with Crippen molar-refractivity contribution in [1.29, 1.82) is 0 Å². The number of amides is 1. The van der Waals surface area contributed by atoms with Gasteiger partial charge in [0, 0.05) is 44.6 Å². The smallest absolute Gasteiger partial charge is 0.410 e. The van der Waals surface area contributed by atoms with Gasteiger partial charge in [0.15, 0.2) is 0 Å². The highest BCUT2D eigenvalue weighted by molar-refractivity contribution is 5.69. The molecule has 3 fully saturated rings. The van der Waals surface area contributed by atoms with Crippen LogP contribution >= 0.6 is 0 Å². The fraction of sp³-hybridized carbons (Fsp3) is 0.889. The predicted octanol–water partition coefficient (Wildman–Crippen LogP) is 1.72. The molecule has 7 heteroatoms. The van der Waals surface area contributed by atoms with E-state index in [1.54, 1.807) is 0 Å². The van der Waals surface area contributed by atoms with Crippen molar-refractivity contribution < 1.29 is 19.4 Å². The van der Waals surface area contributed by atoms with Gasteiger partial charge in [-0.3, -0.25) is 9.69 Å². The van der Waals surface area contributed by atoms with Crippen LogP contribution in [0.1, 0.15) is 40.5 Å². The zero-order valence-corrected chi connectivity index (χ0v) is 16.2. The number of hydrogen-bond donors (Lipinski definition) is 1. The van der Waals surface area contributed by atoms with Crippen molar-refractivity contribution in [3.8, 4) is 0 Å². The van der Waals surface area contributed by atoms with Gasteiger partial charge in [-0.05, 0) is 53.8 Å². The number of carboxylic acid groups (broad SMARTS) is 1. The van der Waals surface area contributed by atoms with Crippen LogP contribution in [0, 0.1) is 5.41 Å². The van der Waals surface area contributed by atoms with Gasteiger partial charge in [-0.1, -0.05) is 0 Å². The number of aliphatic carboxylic acids is 1. The summed E-state index contributed by atoms with van der Waals surface area (Å²) in [4.78, 5) is 27.9. The second-order valence-corrected chi connectivity index (χ2v) is 8.79. The van der Waals surface area contributed by atoms with E-state index in [1.807, 2.05) is 25.7 Å². The van der Waals surface area contributed by atoms with E-state index >= 15 is 0 Å². The molecule has 0 aromatic carbocycles. The van der Waals surface area contributed by atoms with Crippen LogP contribution in [0.25, 0.3) is 0 Å². The molecular formula is C18H33N3O4. The highest BCUT2D eigenvalue weighted by atomic mass is 16.6. The minimum Gasteiger partial charge on any atom is -0.481 e. The minimum atomic E-state index is -0.833. The van der Waals surface area contributed by atoms with Gasteiger partial charge in [0.25, 0.3) is 5.97 Å². The summed E-state index contributed by atoms with van der Waals surface area (Å²) in [7, 11) is 2.21. The molecule has 1 amide bonds. The third kappa shape index (κ3) is 5.57. The molecule has 144 valence electrons. The summed E-state index contributed by atoms with van der Waals surface area (Å²) >= 11 is 0. The summed E-state index contributed by atoms with van der Waals surface area (Å²) in [5.41, 5.74) is -0.0140. The number of nitrogens with zero attached hydrogens (tertiary/aromatic N) is 3. The molecule has 3 aliphatic rings. The molecule has 3 saturated heterocycles. The van der Waals surface area contributed by atoms with Gasteiger partial charge >= 0.3 is 6.09 Å². The number of carbonyl (C=O) groups is 2. The summed E-state index contributed by atoms with van der Waals surface area (Å²) in [6.07, 6.45) is 2.44. The lowest BCUT2D eigenvalue weighted by Gasteiger charge is -2.62. The first-order valence-corrected chi connectivity index (χ1v) is 9.10. The van der Waals surface area contributed by atoms with E-state index in [4.69, 9.17) is 14.6 Å². The zero-order valence-electron chi connectivity index (χ0n) is 16.2. The number of rotatable bonds is 1. The van der Waals surface area contributed by atoms with Crippen molar-refractivity contribution in [2.24, 2.45) is 5.41 Å². The van der Waals surface area contributed by atoms with E-state index in [9.17, 15) is 4.79 Å². The fourth-order valence-corrected chi connectivity index (χ4v) is 3.85. The van der Waals surface area contributed by atoms with Crippen LogP contribution in [-0.4, -0.2) is 89.8 Å². The molecule has 0 bridgehead atoms. The van der Waals surface area contributed by atoms with Gasteiger partial charge < -0.3 is 19.6 Å². The molecule has 0 aliphatic carbocycles. The third-order valence-electron chi connectivity index (χ3n) is 4.99. The van der Waals surface area contributed by atoms with Gasteiger partial charge in [-0.25, -0.2) is 4.79 Å². The maximum atomic E-state index is 12.0. The molecule has 0 radical (unpaired) electrons. The number of hydrogen-bond acceptors (Lipinski definition) is 5. The SMILES string of the molecule is CC(=O)O.CN1CCC(N2CC3(CN(C(=O)OC(C)(C)C)C3)C2)CC1. The summed E-state index contributed by atoms with van der Waals surface area (Å²) < 4.78 is 5.43. The van der Waals surface area contributed by atoms with E-state index in [1.165, 1.54) is 39.0 Å². The largest absolute Gasteiger partial charge is 0.481 e. The maximum absolute atomic E-state index is 12.0. The number of carboxylic acids is 1. The van der Waals surface area contributed by atoms with E-state index in [2.05, 4.69) is 16.8 Å². The summed E-state index contributed by atoms with van der Waals surface area (Å²) in [6, 6.07) is 0.766. The Hall–Kier alpha value is -1.34. The molecule has 0 unspecified atom stereocenters. The number of carbonyl (C=O) groups excluding carboxylic acids is 1. The lowest BCUT2D eigenvalue weighted by molar-refractivity contribution is -0.134. The van der Waals surface area contributed by atoms with Crippen LogP contribution in [0.15, 0.2) is 0 Å². The van der Waals surface area contributed by atoms with Crippen molar-refractivity contribution in [3.05, 3.63) is 0 Å². The molecule has 0 aromatic heterocycles. The van der Waals surface area contributed by atoms with Crippen molar-refractivity contribution in [2.45, 2.75) is 52.2 Å². The molecule has 7 nitrogen and oxygen atoms in total. The molecule has 25 heavy (non-hydrogen) atoms. The number of ether oxygens (including phenoxy) is 1. The summed E-state index contributed by atoms with van der Waals surface area (Å²) in [5, 5.41) is 7.42. The van der Waals surface area contributed by atoms with Crippen molar-refractivity contribution in [2.75, 3.05) is 46.3 Å². The average molecular weight is 355 g/mol. The normalized spacial score (nSPS) is 24.0. The standard InChI is InChI=1S/C16H29N3O2.C2H4O2/c1-15(2,3)21-14(20)19-11-16(12-19)9-18(10-16)13-5-7-17(4)8-6-13;1-2(3)4/h13H,5-12H2,1-4H3;1H3,(H,3,4). The summed E-state index contributed by atoms with van der Waals surface area (Å²) in [5.74, 6) is -0.833. The minimum absolute atomic E-state index is 0.147. The second kappa shape index (κ2) is 7.50. The first-order valence-electron chi connectivity index (χ1n) is 9.10.